The molecule has 0 radical (unpaired) electrons. The minimum absolute atomic E-state index is 0.238. The number of hydrogen-bond acceptors (Lipinski definition) is 10. The Morgan fingerprint density at radius 3 is 2.05 bits per heavy atom. The first-order valence-corrected chi connectivity index (χ1v) is 30.9. The summed E-state index contributed by atoms with van der Waals surface area (Å²) in [5.74, 6) is 1.97. The van der Waals surface area contributed by atoms with Gasteiger partial charge in [0.05, 0.1) is 35.3 Å². The van der Waals surface area contributed by atoms with Crippen LogP contribution < -0.4 is 0 Å². The molecule has 1 N–H and O–H groups in total. The van der Waals surface area contributed by atoms with Gasteiger partial charge in [-0.3, -0.25) is 14.8 Å². The maximum absolute atomic E-state index is 13.3. The molecule has 356 valence electrons. The molecule has 2 aliphatic heterocycles. The Kier molecular flexibility index (Phi) is 14.1. The second-order valence-corrected chi connectivity index (χ2v) is 33.6. The van der Waals surface area contributed by atoms with Crippen molar-refractivity contribution in [2.75, 3.05) is 26.3 Å². The maximum Gasteiger partial charge on any atom is 0.410 e. The highest BCUT2D eigenvalue weighted by Gasteiger charge is 2.56. The molecule has 0 unspecified atom stereocenters. The number of ether oxygens (including phenoxy) is 3. The lowest BCUT2D eigenvalue weighted by atomic mass is 9.71. The number of nitrogens with zero attached hydrogens (tertiary/aromatic N) is 9. The van der Waals surface area contributed by atoms with Gasteiger partial charge in [-0.05, 0) is 88.2 Å². The van der Waals surface area contributed by atoms with E-state index in [9.17, 15) is 14.7 Å². The van der Waals surface area contributed by atoms with Crippen molar-refractivity contribution in [2.45, 2.75) is 149 Å². The molecule has 15 nitrogen and oxygen atoms in total. The van der Waals surface area contributed by atoms with Gasteiger partial charge in [-0.1, -0.05) is 66.1 Å². The number of fused-ring (bicyclic) bond motifs is 1. The Labute approximate surface area is 392 Å². The van der Waals surface area contributed by atoms with Crippen LogP contribution in [0.4, 0.5) is 9.59 Å². The van der Waals surface area contributed by atoms with Crippen molar-refractivity contribution in [3.63, 3.8) is 0 Å². The number of aromatic nitrogens is 7. The van der Waals surface area contributed by atoms with Crippen molar-refractivity contribution < 1.29 is 28.9 Å². The van der Waals surface area contributed by atoms with Crippen molar-refractivity contribution in [2.24, 2.45) is 5.41 Å². The topological polar surface area (TPSA) is 163 Å². The average Bonchev–Trinajstić information content (AvgIpc) is 4.05. The van der Waals surface area contributed by atoms with Crippen LogP contribution in [0.3, 0.4) is 0 Å². The zero-order valence-corrected chi connectivity index (χ0v) is 43.3. The third-order valence-corrected chi connectivity index (χ3v) is 16.1. The van der Waals surface area contributed by atoms with Crippen LogP contribution in [0.15, 0.2) is 55.1 Å². The Balaban J connectivity index is 1.17. The first-order valence-electron chi connectivity index (χ1n) is 23.5. The molecule has 1 aromatic carbocycles. The summed E-state index contributed by atoms with van der Waals surface area (Å²) in [4.78, 5) is 54.0. The molecule has 0 saturated carbocycles. The summed E-state index contributed by atoms with van der Waals surface area (Å²) in [5, 5.41) is 11.3. The lowest BCUT2D eigenvalue weighted by Gasteiger charge is -2.46. The van der Waals surface area contributed by atoms with E-state index in [1.54, 1.807) is 9.80 Å². The van der Waals surface area contributed by atoms with E-state index >= 15 is 0 Å². The third kappa shape index (κ3) is 10.7. The first kappa shape index (κ1) is 48.9. The summed E-state index contributed by atoms with van der Waals surface area (Å²) in [6.07, 6.45) is 9.13. The van der Waals surface area contributed by atoms with E-state index < -0.39 is 38.8 Å². The van der Waals surface area contributed by atoms with Crippen LogP contribution in [-0.2, 0) is 33.2 Å². The molecular formula is C49H71N9O6Si2. The van der Waals surface area contributed by atoms with Crippen LogP contribution in [0, 0.1) is 5.41 Å². The predicted molar refractivity (Wildman–Crippen MR) is 263 cm³/mol. The minimum atomic E-state index is -1.35. The summed E-state index contributed by atoms with van der Waals surface area (Å²) in [6.45, 7) is 28.8. The highest BCUT2D eigenvalue weighted by molar-refractivity contribution is 6.76. The number of amides is 2. The molecule has 4 aromatic heterocycles. The second kappa shape index (κ2) is 19.0. The third-order valence-electron chi connectivity index (χ3n) is 12.7. The lowest BCUT2D eigenvalue weighted by molar-refractivity contribution is 0.00957. The number of likely N-dealkylation sites (tertiary alicyclic amines) is 2. The van der Waals surface area contributed by atoms with E-state index in [0.29, 0.717) is 56.8 Å². The van der Waals surface area contributed by atoms with Crippen LogP contribution in [0.5, 0.6) is 0 Å². The molecule has 2 atom stereocenters. The SMILES string of the molecule is CC(C)(C)OC(=O)N1CCC[C@H]1c1ncc(-c2ccc(-c3ncc4cc(-c5cnc([C@@]6(C(C)(C)C)CCCN6C(=O)O)n5COCC[Si](C)(C)C)ccc4n3)nc2)n1COCC[Si](C)(C)C. The average molecular weight is 938 g/mol. The lowest BCUT2D eigenvalue weighted by Crippen LogP contribution is -2.54. The number of carbonyl (C=O) groups is 2. The largest absolute Gasteiger partial charge is 0.465 e. The number of carbonyl (C=O) groups excluding carboxylic acids is 1. The van der Waals surface area contributed by atoms with E-state index in [1.165, 1.54) is 0 Å². The van der Waals surface area contributed by atoms with Crippen LogP contribution in [-0.4, -0.2) is 109 Å². The molecular weight excluding hydrogens is 867 g/mol. The summed E-state index contributed by atoms with van der Waals surface area (Å²) in [6, 6.07) is 11.8. The van der Waals surface area contributed by atoms with Gasteiger partial charge in [0.2, 0.25) is 0 Å². The monoisotopic (exact) mass is 938 g/mol. The number of carboxylic acid groups (broad SMARTS) is 1. The Hall–Kier alpha value is -4.98. The van der Waals surface area contributed by atoms with E-state index in [2.05, 4.69) is 75.3 Å². The molecule has 0 bridgehead atoms. The van der Waals surface area contributed by atoms with E-state index in [0.717, 1.165) is 70.6 Å². The summed E-state index contributed by atoms with van der Waals surface area (Å²) >= 11 is 0. The number of imidazole rings is 2. The molecule has 0 aliphatic carbocycles. The molecule has 2 aliphatic rings. The minimum Gasteiger partial charge on any atom is -0.465 e. The molecule has 5 aromatic rings. The molecule has 66 heavy (non-hydrogen) atoms. The van der Waals surface area contributed by atoms with Gasteiger partial charge in [0.15, 0.2) is 5.82 Å². The standard InChI is InChI=1S/C49H71N9O6Si2/c1-47(2,3)49(20-14-22-58(49)45(59)60)44-53-31-40(57(44)33-63-24-26-66(10,11)12)34-16-18-37-36(27-34)29-51-42(54-37)38-19-17-35(28-50-38)41-30-52-43(56(41)32-62-23-25-65(7,8)9)39-15-13-21-55(39)46(61)64-48(4,5)6/h16-19,27-31,39H,13-15,20-26,32-33H2,1-12H3,(H,59,60)/t39-,49+/m0/s1. The van der Waals surface area contributed by atoms with Gasteiger partial charge in [0.25, 0.3) is 0 Å². The highest BCUT2D eigenvalue weighted by atomic mass is 28.3. The van der Waals surface area contributed by atoms with Crippen LogP contribution in [0.25, 0.3) is 44.9 Å². The molecule has 6 heterocycles. The summed E-state index contributed by atoms with van der Waals surface area (Å²) in [5.41, 5.74) is 2.96. The second-order valence-electron chi connectivity index (χ2n) is 22.4. The van der Waals surface area contributed by atoms with Gasteiger partial charge in [0, 0.05) is 71.4 Å². The fraction of sp³-hybridized carbons (Fsp3) is 0.571. The normalized spacial score (nSPS) is 18.5. The zero-order chi connectivity index (χ0) is 47.8. The van der Waals surface area contributed by atoms with E-state index in [-0.39, 0.29) is 18.9 Å². The van der Waals surface area contributed by atoms with Gasteiger partial charge >= 0.3 is 12.2 Å². The van der Waals surface area contributed by atoms with Gasteiger partial charge in [0.1, 0.15) is 41.9 Å². The summed E-state index contributed by atoms with van der Waals surface area (Å²) < 4.78 is 22.6. The number of rotatable bonds is 15. The van der Waals surface area contributed by atoms with Crippen molar-refractivity contribution in [3.05, 3.63) is 66.8 Å². The smallest absolute Gasteiger partial charge is 0.410 e. The van der Waals surface area contributed by atoms with Crippen molar-refractivity contribution in [1.82, 2.24) is 43.9 Å². The molecule has 2 amide bonds. The molecule has 0 spiro atoms. The van der Waals surface area contributed by atoms with Gasteiger partial charge in [-0.2, -0.15) is 0 Å². The van der Waals surface area contributed by atoms with Crippen LogP contribution in [0.1, 0.15) is 84.9 Å². The molecule has 2 saturated heterocycles. The number of hydrogen-bond donors (Lipinski definition) is 1. The number of benzene rings is 1. The Morgan fingerprint density at radius 1 is 0.773 bits per heavy atom. The number of pyridine rings is 1. The van der Waals surface area contributed by atoms with Crippen molar-refractivity contribution in [1.29, 1.82) is 0 Å². The zero-order valence-electron chi connectivity index (χ0n) is 41.3. The molecule has 17 heteroatoms. The fourth-order valence-corrected chi connectivity index (χ4v) is 10.7. The summed E-state index contributed by atoms with van der Waals surface area (Å²) in [7, 11) is -2.67. The predicted octanol–water partition coefficient (Wildman–Crippen LogP) is 11.1. The fourth-order valence-electron chi connectivity index (χ4n) is 9.15. The van der Waals surface area contributed by atoms with Gasteiger partial charge in [-0.15, -0.1) is 0 Å². The quantitative estimate of drug-likeness (QED) is 0.0785. The van der Waals surface area contributed by atoms with E-state index in [1.807, 2.05) is 69.8 Å². The molecule has 7 rings (SSSR count). The first-order chi connectivity index (χ1) is 31.0. The van der Waals surface area contributed by atoms with Crippen molar-refractivity contribution in [3.8, 4) is 34.0 Å². The maximum atomic E-state index is 13.3. The Morgan fingerprint density at radius 2 is 1.42 bits per heavy atom. The van der Waals surface area contributed by atoms with Crippen molar-refractivity contribution >= 4 is 39.2 Å². The van der Waals surface area contributed by atoms with Crippen LogP contribution >= 0.6 is 0 Å². The van der Waals surface area contributed by atoms with Gasteiger partial charge < -0.3 is 28.5 Å². The highest BCUT2D eigenvalue weighted by Crippen LogP contribution is 2.51. The van der Waals surface area contributed by atoms with Crippen LogP contribution in [0.2, 0.25) is 51.4 Å². The van der Waals surface area contributed by atoms with E-state index in [4.69, 9.17) is 39.1 Å². The Bertz CT molecular complexity index is 2520. The molecule has 2 fully saturated rings. The van der Waals surface area contributed by atoms with Gasteiger partial charge in [-0.25, -0.2) is 29.5 Å².